The maximum Gasteiger partial charge on any atom is 0.252 e. The summed E-state index contributed by atoms with van der Waals surface area (Å²) in [7, 11) is -3.38. The Balaban J connectivity index is 2.13. The van der Waals surface area contributed by atoms with E-state index in [1.807, 2.05) is 0 Å². The number of carbonyl (C=O) groups excluding carboxylic acids is 1. The molecular formula is C11H16N2O3S2. The van der Waals surface area contributed by atoms with Gasteiger partial charge in [0.15, 0.2) is 0 Å². The monoisotopic (exact) mass is 288 g/mol. The fourth-order valence-electron chi connectivity index (χ4n) is 1.99. The highest BCUT2D eigenvalue weighted by molar-refractivity contribution is 7.91. The minimum absolute atomic E-state index is 0.00497. The first-order chi connectivity index (χ1) is 8.51. The van der Waals surface area contributed by atoms with Gasteiger partial charge < -0.3 is 4.90 Å². The van der Waals surface area contributed by atoms with Crippen molar-refractivity contribution in [1.29, 1.82) is 0 Å². The SMILES string of the molecule is CC(=O)N1CCCN(S(=O)(=O)c2cccs2)CC1. The number of amides is 1. The average Bonchev–Trinajstić information content (AvgIpc) is 2.73. The van der Waals surface area contributed by atoms with Crippen LogP contribution in [0.2, 0.25) is 0 Å². The van der Waals surface area contributed by atoms with Crippen LogP contribution in [0.25, 0.3) is 0 Å². The summed E-state index contributed by atoms with van der Waals surface area (Å²) >= 11 is 1.23. The van der Waals surface area contributed by atoms with E-state index in [0.29, 0.717) is 36.8 Å². The van der Waals surface area contributed by atoms with Crippen LogP contribution in [-0.4, -0.2) is 49.7 Å². The molecule has 0 bridgehead atoms. The molecule has 0 spiro atoms. The molecule has 18 heavy (non-hydrogen) atoms. The van der Waals surface area contributed by atoms with E-state index >= 15 is 0 Å². The zero-order valence-corrected chi connectivity index (χ0v) is 11.8. The number of hydrogen-bond donors (Lipinski definition) is 0. The van der Waals surface area contributed by atoms with Gasteiger partial charge in [-0.2, -0.15) is 4.31 Å². The summed E-state index contributed by atoms with van der Waals surface area (Å²) in [6.07, 6.45) is 0.685. The normalized spacial score (nSPS) is 18.6. The van der Waals surface area contributed by atoms with Crippen molar-refractivity contribution in [3.63, 3.8) is 0 Å². The smallest absolute Gasteiger partial charge is 0.252 e. The van der Waals surface area contributed by atoms with Gasteiger partial charge >= 0.3 is 0 Å². The lowest BCUT2D eigenvalue weighted by atomic mass is 10.4. The molecule has 1 aromatic rings. The summed E-state index contributed by atoms with van der Waals surface area (Å²) in [5, 5.41) is 1.76. The predicted molar refractivity (Wildman–Crippen MR) is 69.9 cm³/mol. The number of thiophene rings is 1. The Kier molecular flexibility index (Phi) is 4.04. The van der Waals surface area contributed by atoms with Gasteiger partial charge in [-0.3, -0.25) is 4.79 Å². The van der Waals surface area contributed by atoms with Crippen LogP contribution in [0, 0.1) is 0 Å². The molecule has 0 aliphatic carbocycles. The van der Waals surface area contributed by atoms with Crippen molar-refractivity contribution in [2.75, 3.05) is 26.2 Å². The number of hydrogen-bond acceptors (Lipinski definition) is 4. The molecule has 1 aromatic heterocycles. The van der Waals surface area contributed by atoms with E-state index in [2.05, 4.69) is 0 Å². The molecule has 7 heteroatoms. The molecule has 1 amide bonds. The number of rotatable bonds is 2. The number of sulfonamides is 1. The maximum absolute atomic E-state index is 12.3. The first-order valence-electron chi connectivity index (χ1n) is 5.81. The molecule has 100 valence electrons. The summed E-state index contributed by atoms with van der Waals surface area (Å²) in [6, 6.07) is 3.35. The van der Waals surface area contributed by atoms with Gasteiger partial charge in [-0.25, -0.2) is 8.42 Å². The second-order valence-corrected chi connectivity index (χ2v) is 7.31. The van der Waals surface area contributed by atoms with Gasteiger partial charge in [0.25, 0.3) is 10.0 Å². The summed E-state index contributed by atoms with van der Waals surface area (Å²) in [5.41, 5.74) is 0. The Labute approximate surface area is 111 Å². The van der Waals surface area contributed by atoms with Crippen LogP contribution in [0.15, 0.2) is 21.7 Å². The Bertz CT molecular complexity index is 510. The van der Waals surface area contributed by atoms with E-state index in [1.54, 1.807) is 22.4 Å². The molecule has 5 nitrogen and oxygen atoms in total. The summed E-state index contributed by atoms with van der Waals surface area (Å²) in [4.78, 5) is 13.0. The molecule has 2 heterocycles. The average molecular weight is 288 g/mol. The first kappa shape index (κ1) is 13.5. The molecule has 1 fully saturated rings. The lowest BCUT2D eigenvalue weighted by Gasteiger charge is -2.20. The topological polar surface area (TPSA) is 57.7 Å². The van der Waals surface area contributed by atoms with Crippen molar-refractivity contribution in [1.82, 2.24) is 9.21 Å². The lowest BCUT2D eigenvalue weighted by Crippen LogP contribution is -2.36. The Morgan fingerprint density at radius 2 is 2.06 bits per heavy atom. The van der Waals surface area contributed by atoms with Crippen LogP contribution in [0.3, 0.4) is 0 Å². The minimum atomic E-state index is -3.38. The van der Waals surface area contributed by atoms with Crippen LogP contribution < -0.4 is 0 Å². The molecule has 0 N–H and O–H groups in total. The Hall–Kier alpha value is -0.920. The number of carbonyl (C=O) groups is 1. The number of nitrogens with zero attached hydrogens (tertiary/aromatic N) is 2. The summed E-state index contributed by atoms with van der Waals surface area (Å²) < 4.78 is 26.5. The van der Waals surface area contributed by atoms with Crippen molar-refractivity contribution in [2.45, 2.75) is 17.6 Å². The Morgan fingerprint density at radius 1 is 1.28 bits per heavy atom. The van der Waals surface area contributed by atoms with Gasteiger partial charge in [-0.05, 0) is 17.9 Å². The molecule has 2 rings (SSSR count). The second kappa shape index (κ2) is 5.38. The molecular weight excluding hydrogens is 272 g/mol. The van der Waals surface area contributed by atoms with Crippen LogP contribution in [0.1, 0.15) is 13.3 Å². The van der Waals surface area contributed by atoms with Crippen molar-refractivity contribution >= 4 is 27.3 Å². The van der Waals surface area contributed by atoms with Gasteiger partial charge in [0.05, 0.1) is 0 Å². The molecule has 0 aromatic carbocycles. The van der Waals surface area contributed by atoms with Gasteiger partial charge in [-0.15, -0.1) is 11.3 Å². The van der Waals surface area contributed by atoms with Crippen molar-refractivity contribution in [2.24, 2.45) is 0 Å². The van der Waals surface area contributed by atoms with E-state index in [4.69, 9.17) is 0 Å². The zero-order valence-electron chi connectivity index (χ0n) is 10.2. The van der Waals surface area contributed by atoms with Crippen LogP contribution in [-0.2, 0) is 14.8 Å². The standard InChI is InChI=1S/C11H16N2O3S2/c1-10(14)12-5-3-6-13(8-7-12)18(15,16)11-4-2-9-17-11/h2,4,9H,3,5-8H2,1H3. The third-order valence-electron chi connectivity index (χ3n) is 2.99. The minimum Gasteiger partial charge on any atom is -0.342 e. The molecule has 0 unspecified atom stereocenters. The highest BCUT2D eigenvalue weighted by Crippen LogP contribution is 2.22. The van der Waals surface area contributed by atoms with Crippen LogP contribution >= 0.6 is 11.3 Å². The quantitative estimate of drug-likeness (QED) is 0.815. The van der Waals surface area contributed by atoms with Gasteiger partial charge in [0.1, 0.15) is 4.21 Å². The lowest BCUT2D eigenvalue weighted by molar-refractivity contribution is -0.128. The fraction of sp³-hybridized carbons (Fsp3) is 0.545. The molecule has 1 aliphatic rings. The molecule has 1 aliphatic heterocycles. The van der Waals surface area contributed by atoms with E-state index in [9.17, 15) is 13.2 Å². The van der Waals surface area contributed by atoms with Crippen molar-refractivity contribution in [3.05, 3.63) is 17.5 Å². The van der Waals surface area contributed by atoms with Crippen LogP contribution in [0.5, 0.6) is 0 Å². The second-order valence-electron chi connectivity index (χ2n) is 4.20. The third-order valence-corrected chi connectivity index (χ3v) is 6.26. The molecule has 0 atom stereocenters. The summed E-state index contributed by atoms with van der Waals surface area (Å²) in [6.45, 7) is 3.47. The highest BCUT2D eigenvalue weighted by Gasteiger charge is 2.27. The van der Waals surface area contributed by atoms with Gasteiger partial charge in [0, 0.05) is 33.1 Å². The maximum atomic E-state index is 12.3. The fourth-order valence-corrected chi connectivity index (χ4v) is 4.60. The van der Waals surface area contributed by atoms with Gasteiger partial charge in [-0.1, -0.05) is 6.07 Å². The predicted octanol–water partition coefficient (Wildman–Crippen LogP) is 0.991. The van der Waals surface area contributed by atoms with E-state index < -0.39 is 10.0 Å². The van der Waals surface area contributed by atoms with Gasteiger partial charge in [0.2, 0.25) is 5.91 Å². The molecule has 0 saturated carbocycles. The zero-order chi connectivity index (χ0) is 13.2. The van der Waals surface area contributed by atoms with Crippen molar-refractivity contribution in [3.8, 4) is 0 Å². The van der Waals surface area contributed by atoms with Crippen molar-refractivity contribution < 1.29 is 13.2 Å². The molecule has 0 radical (unpaired) electrons. The first-order valence-corrected chi connectivity index (χ1v) is 8.13. The largest absolute Gasteiger partial charge is 0.342 e. The highest BCUT2D eigenvalue weighted by atomic mass is 32.2. The van der Waals surface area contributed by atoms with E-state index in [0.717, 1.165) is 0 Å². The summed E-state index contributed by atoms with van der Waals surface area (Å²) in [5.74, 6) is 0.00497. The van der Waals surface area contributed by atoms with E-state index in [1.165, 1.54) is 22.6 Å². The molecule has 1 saturated heterocycles. The van der Waals surface area contributed by atoms with Crippen LogP contribution in [0.4, 0.5) is 0 Å². The van der Waals surface area contributed by atoms with E-state index in [-0.39, 0.29) is 5.91 Å². The third kappa shape index (κ3) is 2.73. The Morgan fingerprint density at radius 3 is 2.67 bits per heavy atom.